The van der Waals surface area contributed by atoms with E-state index >= 15 is 0 Å². The molecule has 1 fully saturated rings. The van der Waals surface area contributed by atoms with Crippen molar-refractivity contribution in [2.45, 2.75) is 19.3 Å². The molecule has 0 radical (unpaired) electrons. The van der Waals surface area contributed by atoms with Gasteiger partial charge in [-0.15, -0.1) is 0 Å². The van der Waals surface area contributed by atoms with E-state index in [1.807, 2.05) is 0 Å². The minimum absolute atomic E-state index is 0.279. The molecule has 0 saturated heterocycles. The Hall–Kier alpha value is -0.860. The van der Waals surface area contributed by atoms with Crippen molar-refractivity contribution in [3.8, 4) is 0 Å². The van der Waals surface area contributed by atoms with Crippen molar-refractivity contribution in [1.82, 2.24) is 4.90 Å². The second-order valence-corrected chi connectivity index (χ2v) is 4.70. The molecule has 0 unspecified atom stereocenters. The van der Waals surface area contributed by atoms with Gasteiger partial charge in [0.25, 0.3) is 0 Å². The molecule has 1 aliphatic carbocycles. The van der Waals surface area contributed by atoms with Gasteiger partial charge in [-0.25, -0.2) is 0 Å². The van der Waals surface area contributed by atoms with Crippen molar-refractivity contribution in [3.05, 3.63) is 35.9 Å². The molecule has 2 rings (SSSR count). The Morgan fingerprint density at radius 1 is 1.12 bits per heavy atom. The van der Waals surface area contributed by atoms with Crippen LogP contribution in [0.25, 0.3) is 0 Å². The van der Waals surface area contributed by atoms with Gasteiger partial charge in [-0.1, -0.05) is 30.3 Å². The molecule has 88 valence electrons. The van der Waals surface area contributed by atoms with Crippen molar-refractivity contribution in [2.24, 2.45) is 5.92 Å². The number of nitrogens with zero attached hydrogens (tertiary/aromatic N) is 1. The second kappa shape index (κ2) is 6.02. The van der Waals surface area contributed by atoms with Crippen LogP contribution in [0.2, 0.25) is 0 Å². The van der Waals surface area contributed by atoms with Crippen LogP contribution in [-0.2, 0) is 6.42 Å². The zero-order chi connectivity index (χ0) is 11.2. The van der Waals surface area contributed by atoms with Crippen LogP contribution in [0.15, 0.2) is 30.3 Å². The second-order valence-electron chi connectivity index (χ2n) is 4.70. The number of aliphatic hydroxyl groups is 1. The van der Waals surface area contributed by atoms with E-state index in [0.717, 1.165) is 25.4 Å². The summed E-state index contributed by atoms with van der Waals surface area (Å²) in [4.78, 5) is 2.39. The predicted octanol–water partition coefficient (Wildman–Crippen LogP) is 1.93. The first kappa shape index (κ1) is 11.6. The van der Waals surface area contributed by atoms with E-state index in [9.17, 15) is 0 Å². The van der Waals surface area contributed by atoms with Gasteiger partial charge >= 0.3 is 0 Å². The fourth-order valence-corrected chi connectivity index (χ4v) is 2.03. The molecule has 1 saturated carbocycles. The molecule has 0 amide bonds. The van der Waals surface area contributed by atoms with Crippen LogP contribution in [0, 0.1) is 5.92 Å². The van der Waals surface area contributed by atoms with Gasteiger partial charge in [-0.2, -0.15) is 0 Å². The SMILES string of the molecule is OCCN(CCc1ccccc1)CC1CC1. The lowest BCUT2D eigenvalue weighted by Crippen LogP contribution is -2.31. The Bertz CT molecular complexity index is 295. The molecule has 1 aromatic rings. The summed E-state index contributed by atoms with van der Waals surface area (Å²) in [5.41, 5.74) is 1.39. The summed E-state index contributed by atoms with van der Waals surface area (Å²) in [5, 5.41) is 9.03. The summed E-state index contributed by atoms with van der Waals surface area (Å²) < 4.78 is 0. The van der Waals surface area contributed by atoms with E-state index in [0.29, 0.717) is 0 Å². The third-order valence-electron chi connectivity index (χ3n) is 3.19. The monoisotopic (exact) mass is 219 g/mol. The van der Waals surface area contributed by atoms with Crippen molar-refractivity contribution in [3.63, 3.8) is 0 Å². The lowest BCUT2D eigenvalue weighted by atomic mass is 10.1. The smallest absolute Gasteiger partial charge is 0.0558 e. The zero-order valence-electron chi connectivity index (χ0n) is 9.81. The maximum absolute atomic E-state index is 9.03. The standard InChI is InChI=1S/C14H21NO/c16-11-10-15(12-14-6-7-14)9-8-13-4-2-1-3-5-13/h1-5,14,16H,6-12H2. The summed E-state index contributed by atoms with van der Waals surface area (Å²) in [7, 11) is 0. The minimum atomic E-state index is 0.279. The largest absolute Gasteiger partial charge is 0.395 e. The third-order valence-corrected chi connectivity index (χ3v) is 3.19. The van der Waals surface area contributed by atoms with Crippen LogP contribution in [0.1, 0.15) is 18.4 Å². The average Bonchev–Trinajstić information content (AvgIpc) is 3.12. The van der Waals surface area contributed by atoms with Crippen LogP contribution < -0.4 is 0 Å². The predicted molar refractivity (Wildman–Crippen MR) is 66.4 cm³/mol. The Labute approximate surface area is 97.9 Å². The summed E-state index contributed by atoms with van der Waals surface area (Å²) >= 11 is 0. The zero-order valence-corrected chi connectivity index (χ0v) is 9.81. The molecule has 1 N–H and O–H groups in total. The molecule has 1 aliphatic rings. The van der Waals surface area contributed by atoms with Gasteiger partial charge < -0.3 is 10.0 Å². The van der Waals surface area contributed by atoms with Gasteiger partial charge in [0.2, 0.25) is 0 Å². The molecule has 0 aromatic heterocycles. The van der Waals surface area contributed by atoms with Gasteiger partial charge in [0.05, 0.1) is 6.61 Å². The van der Waals surface area contributed by atoms with Crippen molar-refractivity contribution < 1.29 is 5.11 Å². The highest BCUT2D eigenvalue weighted by Crippen LogP contribution is 2.29. The van der Waals surface area contributed by atoms with Crippen LogP contribution in [0.3, 0.4) is 0 Å². The van der Waals surface area contributed by atoms with E-state index in [4.69, 9.17) is 5.11 Å². The molecule has 0 bridgehead atoms. The summed E-state index contributed by atoms with van der Waals surface area (Å²) in [5.74, 6) is 0.905. The lowest BCUT2D eigenvalue weighted by Gasteiger charge is -2.20. The van der Waals surface area contributed by atoms with E-state index in [1.165, 1.54) is 24.9 Å². The van der Waals surface area contributed by atoms with Crippen LogP contribution >= 0.6 is 0 Å². The number of hydrogen-bond acceptors (Lipinski definition) is 2. The van der Waals surface area contributed by atoms with Crippen molar-refractivity contribution in [2.75, 3.05) is 26.2 Å². The summed E-state index contributed by atoms with van der Waals surface area (Å²) in [6.45, 7) is 3.35. The third kappa shape index (κ3) is 3.95. The van der Waals surface area contributed by atoms with Gasteiger partial charge in [-0.3, -0.25) is 0 Å². The number of rotatable bonds is 7. The molecule has 0 spiro atoms. The highest BCUT2D eigenvalue weighted by molar-refractivity contribution is 5.14. The fourth-order valence-electron chi connectivity index (χ4n) is 2.03. The Morgan fingerprint density at radius 3 is 2.50 bits per heavy atom. The molecular formula is C14H21NO. The van der Waals surface area contributed by atoms with Crippen molar-refractivity contribution >= 4 is 0 Å². The van der Waals surface area contributed by atoms with Gasteiger partial charge in [0.15, 0.2) is 0 Å². The maximum Gasteiger partial charge on any atom is 0.0558 e. The maximum atomic E-state index is 9.03. The average molecular weight is 219 g/mol. The summed E-state index contributed by atoms with van der Waals surface area (Å²) in [6.07, 6.45) is 3.86. The highest BCUT2D eigenvalue weighted by atomic mass is 16.3. The Morgan fingerprint density at radius 2 is 1.88 bits per heavy atom. The van der Waals surface area contributed by atoms with E-state index in [2.05, 4.69) is 35.2 Å². The topological polar surface area (TPSA) is 23.5 Å². The molecule has 0 atom stereocenters. The summed E-state index contributed by atoms with van der Waals surface area (Å²) in [6, 6.07) is 10.6. The molecule has 16 heavy (non-hydrogen) atoms. The van der Waals surface area contributed by atoms with Crippen LogP contribution in [0.5, 0.6) is 0 Å². The number of aliphatic hydroxyl groups excluding tert-OH is 1. The normalized spacial score (nSPS) is 15.6. The minimum Gasteiger partial charge on any atom is -0.395 e. The van der Waals surface area contributed by atoms with Gasteiger partial charge in [0.1, 0.15) is 0 Å². The molecule has 0 aliphatic heterocycles. The quantitative estimate of drug-likeness (QED) is 0.757. The number of benzene rings is 1. The van der Waals surface area contributed by atoms with Crippen LogP contribution in [-0.4, -0.2) is 36.2 Å². The van der Waals surface area contributed by atoms with Gasteiger partial charge in [-0.05, 0) is 30.7 Å². The fraction of sp³-hybridized carbons (Fsp3) is 0.571. The molecular weight excluding hydrogens is 198 g/mol. The molecule has 1 aromatic carbocycles. The van der Waals surface area contributed by atoms with Gasteiger partial charge in [0, 0.05) is 19.6 Å². The first-order valence-corrected chi connectivity index (χ1v) is 6.25. The lowest BCUT2D eigenvalue weighted by molar-refractivity contribution is 0.192. The molecule has 2 heteroatoms. The van der Waals surface area contributed by atoms with E-state index in [1.54, 1.807) is 0 Å². The highest BCUT2D eigenvalue weighted by Gasteiger charge is 2.23. The first-order valence-electron chi connectivity index (χ1n) is 6.25. The Kier molecular flexibility index (Phi) is 4.37. The number of hydrogen-bond donors (Lipinski definition) is 1. The molecule has 2 nitrogen and oxygen atoms in total. The Balaban J connectivity index is 1.76. The van der Waals surface area contributed by atoms with Crippen LogP contribution in [0.4, 0.5) is 0 Å². The van der Waals surface area contributed by atoms with E-state index in [-0.39, 0.29) is 6.61 Å². The van der Waals surface area contributed by atoms with Crippen molar-refractivity contribution in [1.29, 1.82) is 0 Å². The van der Waals surface area contributed by atoms with E-state index < -0.39 is 0 Å². The molecule has 0 heterocycles. The first-order chi connectivity index (χ1) is 7.88.